The van der Waals surface area contributed by atoms with Crippen LogP contribution in [-0.2, 0) is 24.6 Å². The van der Waals surface area contributed by atoms with Crippen LogP contribution in [0.2, 0.25) is 0 Å². The second-order valence-electron chi connectivity index (χ2n) is 7.42. The van der Waals surface area contributed by atoms with Crippen molar-refractivity contribution < 1.29 is 19.0 Å². The molecular weight excluding hydrogens is 402 g/mol. The van der Waals surface area contributed by atoms with E-state index in [1.165, 1.54) is 7.11 Å². The highest BCUT2D eigenvalue weighted by Crippen LogP contribution is 2.41. The molecule has 5 heteroatoms. The first-order chi connectivity index (χ1) is 15.6. The predicted molar refractivity (Wildman–Crippen MR) is 122 cm³/mol. The summed E-state index contributed by atoms with van der Waals surface area (Å²) in [4.78, 5) is 12.8. The van der Waals surface area contributed by atoms with Gasteiger partial charge in [0.05, 0.1) is 25.9 Å². The molecule has 164 valence electrons. The first kappa shape index (κ1) is 23.2. The Kier molecular flexibility index (Phi) is 7.77. The van der Waals surface area contributed by atoms with E-state index in [9.17, 15) is 10.1 Å². The highest BCUT2D eigenvalue weighted by atomic mass is 16.5. The van der Waals surface area contributed by atoms with Gasteiger partial charge in [-0.3, -0.25) is 4.79 Å². The summed E-state index contributed by atoms with van der Waals surface area (Å²) in [6.07, 6.45) is 0. The Labute approximate surface area is 189 Å². The first-order valence-electron chi connectivity index (χ1n) is 10.5. The zero-order valence-corrected chi connectivity index (χ0v) is 18.4. The molecule has 0 fully saturated rings. The molecule has 0 N–H and O–H groups in total. The van der Waals surface area contributed by atoms with E-state index in [0.29, 0.717) is 0 Å². The second-order valence-corrected chi connectivity index (χ2v) is 7.42. The summed E-state index contributed by atoms with van der Waals surface area (Å²) in [5, 5.41) is 10.0. The van der Waals surface area contributed by atoms with Crippen molar-refractivity contribution in [2.45, 2.75) is 12.5 Å². The summed E-state index contributed by atoms with van der Waals surface area (Å²) in [7, 11) is 1.45. The van der Waals surface area contributed by atoms with E-state index < -0.39 is 17.0 Å². The maximum atomic E-state index is 12.8. The molecule has 0 saturated carbocycles. The normalized spacial score (nSPS) is 13.0. The number of nitrogens with zero attached hydrogens (tertiary/aromatic N) is 1. The van der Waals surface area contributed by atoms with Crippen molar-refractivity contribution in [3.63, 3.8) is 0 Å². The Morgan fingerprint density at radius 3 is 1.59 bits per heavy atom. The van der Waals surface area contributed by atoms with Gasteiger partial charge < -0.3 is 14.2 Å². The summed E-state index contributed by atoms with van der Waals surface area (Å²) >= 11 is 0. The topological polar surface area (TPSA) is 68.6 Å². The van der Waals surface area contributed by atoms with Gasteiger partial charge in [0.2, 0.25) is 5.41 Å². The minimum Gasteiger partial charge on any atom is -0.465 e. The minimum atomic E-state index is -1.60. The van der Waals surface area contributed by atoms with E-state index in [1.807, 2.05) is 91.0 Å². The van der Waals surface area contributed by atoms with E-state index in [2.05, 4.69) is 6.07 Å². The van der Waals surface area contributed by atoms with Crippen LogP contribution in [0.15, 0.2) is 91.0 Å². The van der Waals surface area contributed by atoms with Crippen molar-refractivity contribution in [3.8, 4) is 6.07 Å². The molecule has 3 rings (SSSR count). The number of hydrogen-bond donors (Lipinski definition) is 0. The summed E-state index contributed by atoms with van der Waals surface area (Å²) in [5.74, 6) is -0.660. The van der Waals surface area contributed by atoms with Crippen molar-refractivity contribution in [3.05, 3.63) is 108 Å². The molecule has 0 saturated heterocycles. The van der Waals surface area contributed by atoms with Crippen LogP contribution >= 0.6 is 0 Å². The molecule has 0 spiro atoms. The zero-order chi connectivity index (χ0) is 22.9. The van der Waals surface area contributed by atoms with Gasteiger partial charge in [0, 0.05) is 7.11 Å². The van der Waals surface area contributed by atoms with Crippen molar-refractivity contribution in [2.24, 2.45) is 5.41 Å². The van der Waals surface area contributed by atoms with Crippen LogP contribution in [-0.4, -0.2) is 32.9 Å². The van der Waals surface area contributed by atoms with Crippen LogP contribution in [0.4, 0.5) is 0 Å². The molecular formula is C27H27NO4. The standard InChI is InChI=1S/C27H27NO4/c1-3-31-25(29)26(19-28,20-30-2)21-32-27(22-13-7-4-8-14-22,23-15-9-5-10-16-23)24-17-11-6-12-18-24/h4-18H,3,20-21H2,1-2H3. The fraction of sp³-hybridized carbons (Fsp3) is 0.259. The molecule has 0 aliphatic rings. The molecule has 0 aromatic heterocycles. The molecule has 32 heavy (non-hydrogen) atoms. The molecule has 0 aliphatic carbocycles. The zero-order valence-electron chi connectivity index (χ0n) is 18.4. The third-order valence-corrected chi connectivity index (χ3v) is 5.35. The van der Waals surface area contributed by atoms with Crippen LogP contribution in [0.3, 0.4) is 0 Å². The molecule has 0 amide bonds. The lowest BCUT2D eigenvalue weighted by atomic mass is 9.79. The lowest BCUT2D eigenvalue weighted by Gasteiger charge is -2.38. The number of hydrogen-bond acceptors (Lipinski definition) is 5. The van der Waals surface area contributed by atoms with E-state index in [0.717, 1.165) is 16.7 Å². The van der Waals surface area contributed by atoms with Gasteiger partial charge in [-0.05, 0) is 23.6 Å². The molecule has 0 bridgehead atoms. The molecule has 1 atom stereocenters. The summed E-state index contributed by atoms with van der Waals surface area (Å²) < 4.78 is 17.1. The minimum absolute atomic E-state index is 0.142. The monoisotopic (exact) mass is 429 g/mol. The molecule has 1 unspecified atom stereocenters. The number of nitriles is 1. The lowest BCUT2D eigenvalue weighted by molar-refractivity contribution is -0.161. The van der Waals surface area contributed by atoms with E-state index >= 15 is 0 Å². The number of methoxy groups -OCH3 is 1. The van der Waals surface area contributed by atoms with Gasteiger partial charge in [-0.25, -0.2) is 0 Å². The summed E-state index contributed by atoms with van der Waals surface area (Å²) in [5.41, 5.74) is -0.0120. The maximum absolute atomic E-state index is 12.8. The number of esters is 1. The second kappa shape index (κ2) is 10.7. The van der Waals surface area contributed by atoms with Gasteiger partial charge in [0.15, 0.2) is 0 Å². The van der Waals surface area contributed by atoms with E-state index in [4.69, 9.17) is 14.2 Å². The first-order valence-corrected chi connectivity index (χ1v) is 10.5. The van der Waals surface area contributed by atoms with Gasteiger partial charge in [-0.15, -0.1) is 0 Å². The molecule has 0 aliphatic heterocycles. The largest absolute Gasteiger partial charge is 0.465 e. The van der Waals surface area contributed by atoms with Gasteiger partial charge in [-0.1, -0.05) is 91.0 Å². The molecule has 5 nitrogen and oxygen atoms in total. The quantitative estimate of drug-likeness (QED) is 0.345. The number of benzene rings is 3. The van der Waals surface area contributed by atoms with E-state index in [1.54, 1.807) is 6.92 Å². The summed E-state index contributed by atoms with van der Waals surface area (Å²) in [6.45, 7) is 1.51. The van der Waals surface area contributed by atoms with Gasteiger partial charge >= 0.3 is 5.97 Å². The Bertz CT molecular complexity index is 935. The van der Waals surface area contributed by atoms with Gasteiger partial charge in [0.25, 0.3) is 0 Å². The fourth-order valence-electron chi connectivity index (χ4n) is 3.79. The van der Waals surface area contributed by atoms with Crippen molar-refractivity contribution >= 4 is 5.97 Å². The Balaban J connectivity index is 2.19. The number of rotatable bonds is 10. The summed E-state index contributed by atoms with van der Waals surface area (Å²) in [6, 6.07) is 31.5. The predicted octanol–water partition coefficient (Wildman–Crippen LogP) is 4.71. The van der Waals surface area contributed by atoms with Crippen LogP contribution in [0.1, 0.15) is 23.6 Å². The Hall–Kier alpha value is -3.46. The number of ether oxygens (including phenoxy) is 3. The molecule has 3 aromatic rings. The van der Waals surface area contributed by atoms with Crippen LogP contribution in [0.5, 0.6) is 0 Å². The average molecular weight is 430 g/mol. The smallest absolute Gasteiger partial charge is 0.331 e. The van der Waals surface area contributed by atoms with Crippen molar-refractivity contribution in [2.75, 3.05) is 26.9 Å². The van der Waals surface area contributed by atoms with Crippen LogP contribution in [0.25, 0.3) is 0 Å². The Morgan fingerprint density at radius 2 is 1.25 bits per heavy atom. The SMILES string of the molecule is CCOC(=O)C(C#N)(COC)COC(c1ccccc1)(c1ccccc1)c1ccccc1. The maximum Gasteiger partial charge on any atom is 0.331 e. The van der Waals surface area contributed by atoms with Gasteiger partial charge in [-0.2, -0.15) is 5.26 Å². The van der Waals surface area contributed by atoms with Crippen LogP contribution in [0, 0.1) is 16.7 Å². The highest BCUT2D eigenvalue weighted by molar-refractivity contribution is 5.80. The van der Waals surface area contributed by atoms with E-state index in [-0.39, 0.29) is 19.8 Å². The fourth-order valence-corrected chi connectivity index (χ4v) is 3.79. The molecule has 0 heterocycles. The number of carbonyl (C=O) groups excluding carboxylic acids is 1. The third kappa shape index (κ3) is 4.57. The lowest BCUT2D eigenvalue weighted by Crippen LogP contribution is -2.44. The average Bonchev–Trinajstić information content (AvgIpc) is 2.86. The highest BCUT2D eigenvalue weighted by Gasteiger charge is 2.46. The van der Waals surface area contributed by atoms with Crippen LogP contribution < -0.4 is 0 Å². The van der Waals surface area contributed by atoms with Crippen molar-refractivity contribution in [1.29, 1.82) is 5.26 Å². The van der Waals surface area contributed by atoms with Crippen molar-refractivity contribution in [1.82, 2.24) is 0 Å². The molecule has 3 aromatic carbocycles. The third-order valence-electron chi connectivity index (χ3n) is 5.35. The number of carbonyl (C=O) groups is 1. The van der Waals surface area contributed by atoms with Gasteiger partial charge in [0.1, 0.15) is 5.60 Å². The molecule has 0 radical (unpaired) electrons. The Morgan fingerprint density at radius 1 is 0.812 bits per heavy atom.